The summed E-state index contributed by atoms with van der Waals surface area (Å²) in [5, 5.41) is 0. The summed E-state index contributed by atoms with van der Waals surface area (Å²) in [6, 6.07) is 13.9. The van der Waals surface area contributed by atoms with Gasteiger partial charge in [0.1, 0.15) is 5.76 Å². The van der Waals surface area contributed by atoms with Crippen LogP contribution in [0.1, 0.15) is 32.6 Å². The summed E-state index contributed by atoms with van der Waals surface area (Å²) < 4.78 is 5.38. The number of fused-ring (bicyclic) bond motifs is 1. The van der Waals surface area contributed by atoms with Gasteiger partial charge in [-0.1, -0.05) is 48.0 Å². The van der Waals surface area contributed by atoms with E-state index in [-0.39, 0.29) is 5.97 Å². The van der Waals surface area contributed by atoms with Gasteiger partial charge in [0, 0.05) is 5.56 Å². The van der Waals surface area contributed by atoms with Crippen LogP contribution in [0.15, 0.2) is 42.5 Å². The first-order chi connectivity index (χ1) is 9.15. The van der Waals surface area contributed by atoms with Crippen LogP contribution >= 0.6 is 0 Å². The Bertz CT molecular complexity index is 696. The molecule has 0 atom stereocenters. The van der Waals surface area contributed by atoms with Gasteiger partial charge in [-0.25, -0.2) is 4.79 Å². The second-order valence-corrected chi connectivity index (χ2v) is 4.81. The van der Waals surface area contributed by atoms with Gasteiger partial charge < -0.3 is 4.74 Å². The zero-order valence-corrected chi connectivity index (χ0v) is 10.9. The summed E-state index contributed by atoms with van der Waals surface area (Å²) in [6.45, 7) is 3.97. The van der Waals surface area contributed by atoms with Crippen LogP contribution in [0.4, 0.5) is 0 Å². The van der Waals surface area contributed by atoms with Crippen molar-refractivity contribution < 1.29 is 9.53 Å². The summed E-state index contributed by atoms with van der Waals surface area (Å²) in [7, 11) is 0. The van der Waals surface area contributed by atoms with Gasteiger partial charge in [-0.2, -0.15) is 0 Å². The fourth-order valence-corrected chi connectivity index (χ4v) is 2.37. The number of esters is 1. The maximum atomic E-state index is 11.9. The molecule has 2 aromatic rings. The molecule has 2 heteroatoms. The van der Waals surface area contributed by atoms with Gasteiger partial charge in [0.2, 0.25) is 0 Å². The molecular weight excluding hydrogens is 236 g/mol. The number of hydrogen-bond donors (Lipinski definition) is 0. The van der Waals surface area contributed by atoms with Crippen molar-refractivity contribution in [1.82, 2.24) is 0 Å². The van der Waals surface area contributed by atoms with E-state index in [1.807, 2.05) is 56.3 Å². The van der Waals surface area contributed by atoms with Crippen molar-refractivity contribution in [3.63, 3.8) is 0 Å². The first-order valence-electron chi connectivity index (χ1n) is 6.26. The van der Waals surface area contributed by atoms with E-state index in [1.165, 1.54) is 5.56 Å². The predicted molar refractivity (Wildman–Crippen MR) is 75.6 cm³/mol. The molecule has 0 saturated heterocycles. The van der Waals surface area contributed by atoms with Gasteiger partial charge in [0.15, 0.2) is 0 Å². The van der Waals surface area contributed by atoms with Crippen molar-refractivity contribution in [1.29, 1.82) is 0 Å². The third-order valence-electron chi connectivity index (χ3n) is 3.28. The lowest BCUT2D eigenvalue weighted by Gasteiger charge is -2.00. The van der Waals surface area contributed by atoms with Gasteiger partial charge in [0.25, 0.3) is 0 Å². The minimum absolute atomic E-state index is 0.257. The molecule has 0 N–H and O–H groups in total. The minimum Gasteiger partial charge on any atom is -0.422 e. The maximum Gasteiger partial charge on any atom is 0.344 e. The zero-order valence-electron chi connectivity index (χ0n) is 10.9. The van der Waals surface area contributed by atoms with Crippen LogP contribution in [-0.4, -0.2) is 5.97 Å². The third kappa shape index (κ3) is 2.06. The van der Waals surface area contributed by atoms with Gasteiger partial charge in [-0.3, -0.25) is 0 Å². The lowest BCUT2D eigenvalue weighted by atomic mass is 10.0. The highest BCUT2D eigenvalue weighted by atomic mass is 16.5. The summed E-state index contributed by atoms with van der Waals surface area (Å²) in [5.74, 6) is 0.376. The molecule has 0 spiro atoms. The van der Waals surface area contributed by atoms with Crippen molar-refractivity contribution in [2.75, 3.05) is 0 Å². The van der Waals surface area contributed by atoms with Crippen molar-refractivity contribution in [2.24, 2.45) is 0 Å². The number of carbonyl (C=O) groups excluding carboxylic acids is 1. The van der Waals surface area contributed by atoms with Crippen molar-refractivity contribution in [3.05, 3.63) is 70.3 Å². The van der Waals surface area contributed by atoms with Crippen LogP contribution in [0.3, 0.4) is 0 Å². The molecule has 0 bridgehead atoms. The lowest BCUT2D eigenvalue weighted by Crippen LogP contribution is -1.96. The molecule has 0 aromatic heterocycles. The van der Waals surface area contributed by atoms with E-state index in [0.29, 0.717) is 11.3 Å². The Balaban J connectivity index is 2.11. The molecule has 1 aliphatic rings. The van der Waals surface area contributed by atoms with Crippen LogP contribution < -0.4 is 0 Å². The van der Waals surface area contributed by atoms with Crippen LogP contribution in [-0.2, 0) is 4.74 Å². The fraction of sp³-hybridized carbons (Fsp3) is 0.118. The van der Waals surface area contributed by atoms with E-state index in [2.05, 4.69) is 6.07 Å². The molecule has 0 amide bonds. The smallest absolute Gasteiger partial charge is 0.344 e. The molecule has 1 aliphatic heterocycles. The average molecular weight is 250 g/mol. The van der Waals surface area contributed by atoms with E-state index in [1.54, 1.807) is 0 Å². The monoisotopic (exact) mass is 250 g/mol. The normalized spacial score (nSPS) is 15.5. The Labute approximate surface area is 112 Å². The van der Waals surface area contributed by atoms with Crippen molar-refractivity contribution in [3.8, 4) is 0 Å². The van der Waals surface area contributed by atoms with E-state index in [9.17, 15) is 4.79 Å². The molecule has 2 nitrogen and oxygen atoms in total. The Morgan fingerprint density at radius 3 is 2.63 bits per heavy atom. The van der Waals surface area contributed by atoms with E-state index in [0.717, 1.165) is 16.7 Å². The zero-order chi connectivity index (χ0) is 13.4. The number of cyclic esters (lactones) is 1. The number of ether oxygens (including phenoxy) is 1. The highest BCUT2D eigenvalue weighted by Crippen LogP contribution is 2.33. The maximum absolute atomic E-state index is 11.9. The standard InChI is InChI=1S/C17H14O2/c1-11-5-3-7-13(9-11)10-15-14-8-4-6-12(2)16(14)17(18)19-15/h3-10H,1-2H3/b15-10-. The molecule has 3 rings (SSSR count). The van der Waals surface area contributed by atoms with Crippen molar-refractivity contribution in [2.45, 2.75) is 13.8 Å². The molecule has 1 heterocycles. The molecular formula is C17H14O2. The van der Waals surface area contributed by atoms with Gasteiger partial charge in [-0.05, 0) is 31.1 Å². The van der Waals surface area contributed by atoms with Crippen molar-refractivity contribution >= 4 is 17.8 Å². The minimum atomic E-state index is -0.257. The molecule has 19 heavy (non-hydrogen) atoms. The number of carbonyl (C=O) groups is 1. The second-order valence-electron chi connectivity index (χ2n) is 4.81. The SMILES string of the molecule is Cc1cccc(/C=C2\OC(=O)c3c(C)cccc32)c1. The lowest BCUT2D eigenvalue weighted by molar-refractivity contribution is 0.0716. The Kier molecular flexibility index (Phi) is 2.71. The second kappa shape index (κ2) is 4.39. The Hall–Kier alpha value is -2.35. The molecule has 0 radical (unpaired) electrons. The number of hydrogen-bond acceptors (Lipinski definition) is 2. The highest BCUT2D eigenvalue weighted by molar-refractivity contribution is 6.06. The quantitative estimate of drug-likeness (QED) is 0.716. The van der Waals surface area contributed by atoms with Crippen LogP contribution in [0.25, 0.3) is 11.8 Å². The van der Waals surface area contributed by atoms with Gasteiger partial charge in [-0.15, -0.1) is 0 Å². The molecule has 2 aromatic carbocycles. The van der Waals surface area contributed by atoms with E-state index in [4.69, 9.17) is 4.74 Å². The van der Waals surface area contributed by atoms with E-state index >= 15 is 0 Å². The largest absolute Gasteiger partial charge is 0.422 e. The third-order valence-corrected chi connectivity index (χ3v) is 3.28. The van der Waals surface area contributed by atoms with Gasteiger partial charge in [0.05, 0.1) is 5.56 Å². The Morgan fingerprint density at radius 1 is 1.05 bits per heavy atom. The molecule has 0 saturated carbocycles. The summed E-state index contributed by atoms with van der Waals surface area (Å²) in [6.07, 6.45) is 1.91. The van der Waals surface area contributed by atoms with Crippen LogP contribution in [0.5, 0.6) is 0 Å². The summed E-state index contributed by atoms with van der Waals surface area (Å²) in [4.78, 5) is 11.9. The average Bonchev–Trinajstić information content (AvgIpc) is 2.68. The topological polar surface area (TPSA) is 26.3 Å². The predicted octanol–water partition coefficient (Wildman–Crippen LogP) is 3.97. The number of aryl methyl sites for hydroxylation is 2. The molecule has 94 valence electrons. The molecule has 0 unspecified atom stereocenters. The van der Waals surface area contributed by atoms with Crippen LogP contribution in [0.2, 0.25) is 0 Å². The first kappa shape index (κ1) is 11.7. The number of rotatable bonds is 1. The Morgan fingerprint density at radius 2 is 1.84 bits per heavy atom. The molecule has 0 fully saturated rings. The van der Waals surface area contributed by atoms with Crippen LogP contribution in [0, 0.1) is 13.8 Å². The molecule has 0 aliphatic carbocycles. The summed E-state index contributed by atoms with van der Waals surface area (Å²) in [5.41, 5.74) is 4.74. The van der Waals surface area contributed by atoms with E-state index < -0.39 is 0 Å². The van der Waals surface area contributed by atoms with Gasteiger partial charge >= 0.3 is 5.97 Å². The highest BCUT2D eigenvalue weighted by Gasteiger charge is 2.27. The first-order valence-corrected chi connectivity index (χ1v) is 6.26. The summed E-state index contributed by atoms with van der Waals surface area (Å²) >= 11 is 0. The number of benzene rings is 2. The fourth-order valence-electron chi connectivity index (χ4n) is 2.37.